The molecule has 1 heterocycles. The zero-order chi connectivity index (χ0) is 21.0. The number of hydrogen-bond acceptors (Lipinski definition) is 5. The van der Waals surface area contributed by atoms with Gasteiger partial charge in [-0.25, -0.2) is 17.7 Å². The number of ether oxygens (including phenoxy) is 1. The Labute approximate surface area is 169 Å². The molecule has 0 unspecified atom stereocenters. The van der Waals surface area contributed by atoms with E-state index in [0.29, 0.717) is 18.0 Å². The maximum absolute atomic E-state index is 12.8. The van der Waals surface area contributed by atoms with E-state index in [1.54, 1.807) is 23.9 Å². The number of nitrogens with one attached hydrogen (secondary N) is 1. The predicted molar refractivity (Wildman–Crippen MR) is 110 cm³/mol. The van der Waals surface area contributed by atoms with Crippen LogP contribution in [-0.4, -0.2) is 48.9 Å². The Balaban J connectivity index is 1.94. The molecule has 9 heteroatoms. The summed E-state index contributed by atoms with van der Waals surface area (Å²) in [4.78, 5) is 16.9. The first-order valence-corrected chi connectivity index (χ1v) is 10.4. The van der Waals surface area contributed by atoms with Crippen molar-refractivity contribution in [1.29, 1.82) is 0 Å². The second-order valence-corrected chi connectivity index (χ2v) is 8.44. The van der Waals surface area contributed by atoms with Gasteiger partial charge in [-0.05, 0) is 37.3 Å². The largest absolute Gasteiger partial charge is 0.492 e. The molecule has 3 rings (SSSR count). The summed E-state index contributed by atoms with van der Waals surface area (Å²) in [6, 6.07) is 13.8. The number of sulfonamides is 1. The maximum Gasteiger partial charge on any atom is 0.274 e. The van der Waals surface area contributed by atoms with Gasteiger partial charge < -0.3 is 10.1 Å². The zero-order valence-electron chi connectivity index (χ0n) is 16.4. The quantitative estimate of drug-likeness (QED) is 0.642. The topological polar surface area (TPSA) is 93.5 Å². The summed E-state index contributed by atoms with van der Waals surface area (Å²) in [5.74, 6) is -0.183. The fourth-order valence-electron chi connectivity index (χ4n) is 2.71. The highest BCUT2D eigenvalue weighted by molar-refractivity contribution is 7.89. The first-order valence-electron chi connectivity index (χ1n) is 8.93. The predicted octanol–water partition coefficient (Wildman–Crippen LogP) is 2.77. The fraction of sp³-hybridized carbons (Fsp3) is 0.200. The van der Waals surface area contributed by atoms with E-state index in [1.807, 2.05) is 30.3 Å². The van der Waals surface area contributed by atoms with Crippen LogP contribution in [0, 0.1) is 0 Å². The van der Waals surface area contributed by atoms with Gasteiger partial charge in [-0.1, -0.05) is 18.2 Å². The minimum atomic E-state index is -3.75. The Morgan fingerprint density at radius 2 is 1.90 bits per heavy atom. The van der Waals surface area contributed by atoms with Crippen molar-refractivity contribution in [2.75, 3.05) is 26.0 Å². The highest BCUT2D eigenvalue weighted by Crippen LogP contribution is 2.29. The molecule has 1 N–H and O–H groups in total. The summed E-state index contributed by atoms with van der Waals surface area (Å²) in [7, 11) is -0.875. The van der Waals surface area contributed by atoms with Crippen LogP contribution in [0.25, 0.3) is 5.69 Å². The van der Waals surface area contributed by atoms with Crippen molar-refractivity contribution in [2.45, 2.75) is 11.8 Å². The van der Waals surface area contributed by atoms with Crippen molar-refractivity contribution in [3.8, 4) is 11.4 Å². The molecule has 1 amide bonds. The Bertz CT molecular complexity index is 1110. The van der Waals surface area contributed by atoms with Gasteiger partial charge in [0, 0.05) is 25.5 Å². The smallest absolute Gasteiger partial charge is 0.274 e. The van der Waals surface area contributed by atoms with E-state index in [0.717, 1.165) is 9.99 Å². The third-order valence-electron chi connectivity index (χ3n) is 4.17. The van der Waals surface area contributed by atoms with Crippen molar-refractivity contribution >= 4 is 21.6 Å². The average Bonchev–Trinajstić information content (AvgIpc) is 3.20. The lowest BCUT2D eigenvalue weighted by atomic mass is 10.2. The number of carbonyl (C=O) groups excluding carboxylic acids is 1. The lowest BCUT2D eigenvalue weighted by molar-refractivity contribution is 0.102. The first kappa shape index (κ1) is 20.6. The van der Waals surface area contributed by atoms with E-state index in [9.17, 15) is 13.2 Å². The van der Waals surface area contributed by atoms with Crippen LogP contribution in [-0.2, 0) is 10.0 Å². The van der Waals surface area contributed by atoms with Crippen LogP contribution in [0.4, 0.5) is 5.69 Å². The molecule has 152 valence electrons. The highest BCUT2D eigenvalue weighted by Gasteiger charge is 2.23. The molecule has 2 aromatic carbocycles. The summed E-state index contributed by atoms with van der Waals surface area (Å²) in [6.07, 6.45) is 3.00. The van der Waals surface area contributed by atoms with Gasteiger partial charge in [0.2, 0.25) is 10.0 Å². The Morgan fingerprint density at radius 1 is 1.17 bits per heavy atom. The molecule has 0 radical (unpaired) electrons. The zero-order valence-corrected chi connectivity index (χ0v) is 17.2. The summed E-state index contributed by atoms with van der Waals surface area (Å²) in [5.41, 5.74) is 1.44. The number of hydrogen-bond donors (Lipinski definition) is 1. The number of benzene rings is 2. The molecule has 0 aliphatic carbocycles. The molecule has 0 saturated heterocycles. The molecule has 8 nitrogen and oxygen atoms in total. The number of anilines is 1. The summed E-state index contributed by atoms with van der Waals surface area (Å²) in [5, 5.41) is 2.74. The van der Waals surface area contributed by atoms with Crippen molar-refractivity contribution in [2.24, 2.45) is 0 Å². The van der Waals surface area contributed by atoms with E-state index in [1.165, 1.54) is 32.4 Å². The van der Waals surface area contributed by atoms with Crippen LogP contribution in [0.3, 0.4) is 0 Å². The molecule has 29 heavy (non-hydrogen) atoms. The molecular weight excluding hydrogens is 392 g/mol. The number of imidazole rings is 1. The number of rotatable bonds is 7. The molecule has 0 saturated carbocycles. The van der Waals surface area contributed by atoms with Crippen LogP contribution >= 0.6 is 0 Å². The highest BCUT2D eigenvalue weighted by atomic mass is 32.2. The van der Waals surface area contributed by atoms with Gasteiger partial charge in [0.1, 0.15) is 16.3 Å². The summed E-state index contributed by atoms with van der Waals surface area (Å²) in [6.45, 7) is 2.09. The van der Waals surface area contributed by atoms with Gasteiger partial charge in [0.05, 0.1) is 19.1 Å². The summed E-state index contributed by atoms with van der Waals surface area (Å²) >= 11 is 0. The number of nitrogens with zero attached hydrogens (tertiary/aromatic N) is 3. The number of amides is 1. The Morgan fingerprint density at radius 3 is 2.55 bits per heavy atom. The fourth-order valence-corrected chi connectivity index (χ4v) is 3.76. The van der Waals surface area contributed by atoms with Crippen LogP contribution in [0.1, 0.15) is 17.4 Å². The van der Waals surface area contributed by atoms with Crippen molar-refractivity contribution < 1.29 is 17.9 Å². The van der Waals surface area contributed by atoms with Crippen LogP contribution in [0.15, 0.2) is 66.0 Å². The Hall–Kier alpha value is -3.17. The normalized spacial score (nSPS) is 11.4. The van der Waals surface area contributed by atoms with Gasteiger partial charge >= 0.3 is 0 Å². The molecule has 3 aromatic rings. The molecule has 0 atom stereocenters. The van der Waals surface area contributed by atoms with Crippen LogP contribution in [0.5, 0.6) is 5.75 Å². The number of carbonyl (C=O) groups is 1. The van der Waals surface area contributed by atoms with Gasteiger partial charge in [0.25, 0.3) is 5.91 Å². The lowest BCUT2D eigenvalue weighted by Crippen LogP contribution is -2.23. The van der Waals surface area contributed by atoms with E-state index >= 15 is 0 Å². The second kappa shape index (κ2) is 8.46. The molecule has 0 aliphatic rings. The monoisotopic (exact) mass is 414 g/mol. The van der Waals surface area contributed by atoms with E-state index in [2.05, 4.69) is 10.3 Å². The molecule has 0 spiro atoms. The number of para-hydroxylation sites is 1. The SMILES string of the molecule is CCOc1ccc(NC(=O)c2cncn2-c2ccccc2)cc1S(=O)(=O)N(C)C. The van der Waals surface area contributed by atoms with Crippen LogP contribution in [0.2, 0.25) is 0 Å². The molecule has 0 aliphatic heterocycles. The van der Waals surface area contributed by atoms with Gasteiger partial charge in [-0.2, -0.15) is 0 Å². The first-order chi connectivity index (χ1) is 13.8. The van der Waals surface area contributed by atoms with Crippen LogP contribution < -0.4 is 10.1 Å². The molecule has 0 bridgehead atoms. The lowest BCUT2D eigenvalue weighted by Gasteiger charge is -2.17. The average molecular weight is 414 g/mol. The minimum Gasteiger partial charge on any atom is -0.492 e. The second-order valence-electron chi connectivity index (χ2n) is 6.32. The molecular formula is C20H22N4O4S. The molecule has 1 aromatic heterocycles. The Kier molecular flexibility index (Phi) is 6.00. The third kappa shape index (κ3) is 4.30. The minimum absolute atomic E-state index is 0.0151. The van der Waals surface area contributed by atoms with E-state index < -0.39 is 15.9 Å². The molecule has 0 fully saturated rings. The third-order valence-corrected chi connectivity index (χ3v) is 6.00. The summed E-state index contributed by atoms with van der Waals surface area (Å²) < 4.78 is 33.5. The van der Waals surface area contributed by atoms with Gasteiger partial charge in [-0.15, -0.1) is 0 Å². The van der Waals surface area contributed by atoms with Crippen molar-refractivity contribution in [3.63, 3.8) is 0 Å². The van der Waals surface area contributed by atoms with Crippen molar-refractivity contribution in [1.82, 2.24) is 13.9 Å². The van der Waals surface area contributed by atoms with E-state index in [4.69, 9.17) is 4.74 Å². The van der Waals surface area contributed by atoms with E-state index in [-0.39, 0.29) is 10.6 Å². The van der Waals surface area contributed by atoms with Gasteiger partial charge in [0.15, 0.2) is 0 Å². The standard InChI is InChI=1S/C20H22N4O4S/c1-4-28-18-11-10-15(12-19(18)29(26,27)23(2)3)22-20(25)17-13-21-14-24(17)16-8-6-5-7-9-16/h5-14H,4H2,1-3H3,(H,22,25). The van der Waals surface area contributed by atoms with Gasteiger partial charge in [-0.3, -0.25) is 9.36 Å². The maximum atomic E-state index is 12.8. The number of aromatic nitrogens is 2. The van der Waals surface area contributed by atoms with Crippen molar-refractivity contribution in [3.05, 3.63) is 66.7 Å².